The first-order chi connectivity index (χ1) is 6.16. The van der Waals surface area contributed by atoms with Crippen molar-refractivity contribution in [3.63, 3.8) is 0 Å². The van der Waals surface area contributed by atoms with Crippen LogP contribution in [0.5, 0.6) is 0 Å². The van der Waals surface area contributed by atoms with Gasteiger partial charge in [0.2, 0.25) is 0 Å². The fourth-order valence-corrected chi connectivity index (χ4v) is 4.58. The molecule has 2 aromatic carbocycles. The molecule has 0 fully saturated rings. The monoisotopic (exact) mass is 194 g/mol. The van der Waals surface area contributed by atoms with Crippen molar-refractivity contribution in [3.05, 3.63) is 30.3 Å². The molecule has 0 N–H and O–H groups in total. The van der Waals surface area contributed by atoms with Crippen molar-refractivity contribution in [2.45, 2.75) is 0 Å². The van der Waals surface area contributed by atoms with Crippen LogP contribution in [0.1, 0.15) is 0 Å². The van der Waals surface area contributed by atoms with E-state index in [4.69, 9.17) is 0 Å². The third-order valence-corrected chi connectivity index (χ3v) is 4.49. The first kappa shape index (κ1) is 11.2. The van der Waals surface area contributed by atoms with E-state index in [9.17, 15) is 0 Å². The van der Waals surface area contributed by atoms with Gasteiger partial charge in [-0.1, -0.05) is 0 Å². The summed E-state index contributed by atoms with van der Waals surface area (Å²) in [5.74, 6) is 0. The molecule has 0 amide bonds. The minimum absolute atomic E-state index is 1.16. The van der Waals surface area contributed by atoms with Crippen molar-refractivity contribution >= 4 is 103 Å². The topological polar surface area (TPSA) is 0 Å². The third-order valence-electron chi connectivity index (χ3n) is 2.46. The molecular formula is C10H5Na3. The quantitative estimate of drug-likeness (QED) is 0.483. The SMILES string of the molecule is [Na][c]1ccc2[c]([Na])c[c]([Na])cc2c1. The maximum atomic E-state index is 2.37. The van der Waals surface area contributed by atoms with Gasteiger partial charge in [-0.15, -0.1) is 0 Å². The molecule has 0 atom stereocenters. The second kappa shape index (κ2) is 4.69. The van der Waals surface area contributed by atoms with E-state index in [-0.39, 0.29) is 0 Å². The van der Waals surface area contributed by atoms with Crippen LogP contribution in [0.3, 0.4) is 0 Å². The van der Waals surface area contributed by atoms with E-state index >= 15 is 0 Å². The Hall–Kier alpha value is 1.70. The molecule has 0 bridgehead atoms. The molecule has 0 saturated carbocycles. The second-order valence-corrected chi connectivity index (χ2v) is 7.19. The van der Waals surface area contributed by atoms with E-state index in [1.54, 1.807) is 2.81 Å². The summed E-state index contributed by atoms with van der Waals surface area (Å²) in [6, 6.07) is 11.6. The Morgan fingerprint density at radius 1 is 0.769 bits per heavy atom. The predicted octanol–water partition coefficient (Wildman–Crippen LogP) is -0.779. The third kappa shape index (κ3) is 2.63. The van der Waals surface area contributed by atoms with Crippen LogP contribution >= 0.6 is 0 Å². The van der Waals surface area contributed by atoms with Crippen molar-refractivity contribution in [1.29, 1.82) is 0 Å². The van der Waals surface area contributed by atoms with Gasteiger partial charge in [0.1, 0.15) is 0 Å². The van der Waals surface area contributed by atoms with Gasteiger partial charge in [-0.3, -0.25) is 0 Å². The van der Waals surface area contributed by atoms with Gasteiger partial charge in [0.25, 0.3) is 0 Å². The Balaban J connectivity index is 2.86. The summed E-state index contributed by atoms with van der Waals surface area (Å²) in [5.41, 5.74) is 0. The molecule has 3 heteroatoms. The van der Waals surface area contributed by atoms with Gasteiger partial charge in [-0.2, -0.15) is 0 Å². The summed E-state index contributed by atoms with van der Waals surface area (Å²) in [5, 5.41) is 2.94. The molecule has 0 aliphatic heterocycles. The van der Waals surface area contributed by atoms with E-state index < -0.39 is 0 Å². The molecule has 13 heavy (non-hydrogen) atoms. The molecule has 0 radical (unpaired) electrons. The molecule has 0 aromatic heterocycles. The zero-order chi connectivity index (χ0) is 9.42. The molecule has 0 nitrogen and oxygen atoms in total. The number of benzene rings is 2. The molecular weight excluding hydrogens is 189 g/mol. The van der Waals surface area contributed by atoms with Crippen LogP contribution in [0, 0.1) is 0 Å². The Morgan fingerprint density at radius 3 is 2.23 bits per heavy atom. The van der Waals surface area contributed by atoms with E-state index in [0.29, 0.717) is 0 Å². The second-order valence-electron chi connectivity index (χ2n) is 3.81. The van der Waals surface area contributed by atoms with Gasteiger partial charge in [0.05, 0.1) is 0 Å². The van der Waals surface area contributed by atoms with E-state index in [2.05, 4.69) is 30.3 Å². The van der Waals surface area contributed by atoms with Crippen LogP contribution in [0.25, 0.3) is 10.8 Å². The summed E-state index contributed by atoms with van der Waals surface area (Å²) in [6.07, 6.45) is 0. The number of fused-ring (bicyclic) bond motifs is 1. The number of hydrogen-bond donors (Lipinski definition) is 0. The zero-order valence-electron chi connectivity index (χ0n) is 8.39. The van der Waals surface area contributed by atoms with Crippen LogP contribution in [-0.2, 0) is 0 Å². The molecule has 0 heterocycles. The first-order valence-electron chi connectivity index (χ1n) is 4.64. The van der Waals surface area contributed by atoms with E-state index in [0.717, 1.165) is 27.9 Å². The summed E-state index contributed by atoms with van der Waals surface area (Å²) in [6.45, 7) is 0. The molecule has 2 aromatic rings. The Bertz CT molecular complexity index is 458. The fraction of sp³-hybridized carbons (Fsp3) is 0. The molecule has 0 spiro atoms. The van der Waals surface area contributed by atoms with Gasteiger partial charge in [-0.05, 0) is 0 Å². The minimum atomic E-state index is 1.16. The van der Waals surface area contributed by atoms with Gasteiger partial charge in [0.15, 0.2) is 0 Å². The average molecular weight is 194 g/mol. The van der Waals surface area contributed by atoms with E-state index in [1.807, 2.05) is 0 Å². The maximum absolute atomic E-state index is 2.37. The van der Waals surface area contributed by atoms with Crippen LogP contribution in [0.4, 0.5) is 0 Å². The molecule has 2 rings (SSSR count). The molecule has 0 unspecified atom stereocenters. The Labute approximate surface area is 131 Å². The molecule has 48 valence electrons. The summed E-state index contributed by atoms with van der Waals surface area (Å²) < 4.78 is 4.59. The predicted molar refractivity (Wildman–Crippen MR) is 60.1 cm³/mol. The van der Waals surface area contributed by atoms with Crippen molar-refractivity contribution in [2.75, 3.05) is 0 Å². The summed E-state index contributed by atoms with van der Waals surface area (Å²) in [4.78, 5) is 0. The number of hydrogen-bond acceptors (Lipinski definition) is 0. The van der Waals surface area contributed by atoms with Crippen LogP contribution in [0.15, 0.2) is 30.3 Å². The van der Waals surface area contributed by atoms with E-state index in [1.165, 1.54) is 72.3 Å². The first-order valence-corrected chi connectivity index (χ1v) is 7.64. The van der Waals surface area contributed by atoms with Crippen molar-refractivity contribution in [1.82, 2.24) is 0 Å². The van der Waals surface area contributed by atoms with Crippen LogP contribution in [0.2, 0.25) is 0 Å². The van der Waals surface area contributed by atoms with Crippen molar-refractivity contribution < 1.29 is 0 Å². The van der Waals surface area contributed by atoms with Crippen LogP contribution < -0.4 is 8.44 Å². The number of rotatable bonds is 0. The zero-order valence-corrected chi connectivity index (χ0v) is 14.4. The Kier molecular flexibility index (Phi) is 4.04. The van der Waals surface area contributed by atoms with Gasteiger partial charge in [0, 0.05) is 0 Å². The standard InChI is InChI=1S/C10H5.3Na/c1-2-6-10-8-4-3-7-9(10)5-1;;;/h1,3,5-6,8H;;;. The van der Waals surface area contributed by atoms with Gasteiger partial charge < -0.3 is 0 Å². The summed E-state index contributed by atoms with van der Waals surface area (Å²) in [7, 11) is 0. The van der Waals surface area contributed by atoms with Crippen molar-refractivity contribution in [2.24, 2.45) is 0 Å². The normalized spacial score (nSPS) is 10.9. The molecule has 0 aliphatic rings. The van der Waals surface area contributed by atoms with Crippen molar-refractivity contribution in [3.8, 4) is 0 Å². The molecule has 0 saturated heterocycles. The van der Waals surface area contributed by atoms with Gasteiger partial charge >= 0.3 is 133 Å². The summed E-state index contributed by atoms with van der Waals surface area (Å²) >= 11 is 3.50. The fourth-order valence-electron chi connectivity index (χ4n) is 1.87. The average Bonchev–Trinajstić information content (AvgIpc) is 2.02. The van der Waals surface area contributed by atoms with Crippen LogP contribution in [-0.4, -0.2) is 83.8 Å². The molecule has 0 aliphatic carbocycles. The van der Waals surface area contributed by atoms with Gasteiger partial charge in [-0.25, -0.2) is 0 Å². The Morgan fingerprint density at radius 2 is 1.46 bits per heavy atom.